The van der Waals surface area contributed by atoms with Crippen LogP contribution in [0.3, 0.4) is 0 Å². The van der Waals surface area contributed by atoms with E-state index >= 15 is 0 Å². The van der Waals surface area contributed by atoms with E-state index in [0.29, 0.717) is 5.92 Å². The van der Waals surface area contributed by atoms with Gasteiger partial charge in [-0.1, -0.05) is 6.92 Å². The minimum atomic E-state index is 0.641. The van der Waals surface area contributed by atoms with Crippen molar-refractivity contribution in [2.75, 3.05) is 31.2 Å². The van der Waals surface area contributed by atoms with Crippen LogP contribution in [0.4, 0.5) is 5.82 Å². The van der Waals surface area contributed by atoms with Gasteiger partial charge in [0.05, 0.1) is 25.5 Å². The molecule has 1 saturated carbocycles. The number of hydrogen-bond donors (Lipinski definition) is 1. The Bertz CT molecular complexity index is 730. The SMILES string of the molecule is Cc1nn(C)c(N2CCOCC2)c1CNCc1ccc([C@H]2C[C@H]2C)o1. The third kappa shape index (κ3) is 3.46. The number of ether oxygens (including phenoxy) is 1. The predicted octanol–water partition coefficient (Wildman–Crippen LogP) is 2.57. The molecule has 0 unspecified atom stereocenters. The van der Waals surface area contributed by atoms with Gasteiger partial charge in [0.15, 0.2) is 0 Å². The van der Waals surface area contributed by atoms with Crippen molar-refractivity contribution in [3.05, 3.63) is 34.9 Å². The Morgan fingerprint density at radius 3 is 2.72 bits per heavy atom. The zero-order chi connectivity index (χ0) is 17.4. The number of morpholine rings is 1. The molecule has 1 aliphatic heterocycles. The normalized spacial score (nSPS) is 23.2. The maximum Gasteiger partial charge on any atom is 0.131 e. The molecule has 25 heavy (non-hydrogen) atoms. The van der Waals surface area contributed by atoms with E-state index in [1.54, 1.807) is 0 Å². The predicted molar refractivity (Wildman–Crippen MR) is 96.8 cm³/mol. The highest BCUT2D eigenvalue weighted by Crippen LogP contribution is 2.47. The van der Waals surface area contributed by atoms with Gasteiger partial charge in [-0.3, -0.25) is 4.68 Å². The minimum Gasteiger partial charge on any atom is -0.464 e. The van der Waals surface area contributed by atoms with Gasteiger partial charge in [0.25, 0.3) is 0 Å². The van der Waals surface area contributed by atoms with Crippen LogP contribution in [0.25, 0.3) is 0 Å². The molecule has 3 heterocycles. The molecular formula is C19H28N4O2. The first-order chi connectivity index (χ1) is 12.1. The van der Waals surface area contributed by atoms with Crippen molar-refractivity contribution in [2.24, 2.45) is 13.0 Å². The molecule has 0 radical (unpaired) electrons. The zero-order valence-corrected chi connectivity index (χ0v) is 15.4. The van der Waals surface area contributed by atoms with Crippen LogP contribution in [-0.2, 0) is 24.9 Å². The molecule has 2 aromatic rings. The maximum atomic E-state index is 5.99. The number of aryl methyl sites for hydroxylation is 2. The van der Waals surface area contributed by atoms with E-state index in [-0.39, 0.29) is 0 Å². The van der Waals surface area contributed by atoms with Crippen LogP contribution < -0.4 is 10.2 Å². The number of nitrogens with one attached hydrogen (secondary N) is 1. The smallest absolute Gasteiger partial charge is 0.131 e. The number of nitrogens with zero attached hydrogens (tertiary/aromatic N) is 3. The molecule has 0 spiro atoms. The highest BCUT2D eigenvalue weighted by molar-refractivity contribution is 5.50. The third-order valence-corrected chi connectivity index (χ3v) is 5.38. The minimum absolute atomic E-state index is 0.641. The molecule has 136 valence electrons. The van der Waals surface area contributed by atoms with Crippen LogP contribution >= 0.6 is 0 Å². The van der Waals surface area contributed by atoms with Crippen LogP contribution in [-0.4, -0.2) is 36.1 Å². The van der Waals surface area contributed by atoms with Crippen molar-refractivity contribution < 1.29 is 9.15 Å². The van der Waals surface area contributed by atoms with Gasteiger partial charge in [0.1, 0.15) is 17.3 Å². The summed E-state index contributed by atoms with van der Waals surface area (Å²) in [4.78, 5) is 2.37. The third-order valence-electron chi connectivity index (χ3n) is 5.38. The number of rotatable bonds is 6. The summed E-state index contributed by atoms with van der Waals surface area (Å²) in [6, 6.07) is 4.24. The number of anilines is 1. The maximum absolute atomic E-state index is 5.99. The molecular weight excluding hydrogens is 316 g/mol. The van der Waals surface area contributed by atoms with E-state index < -0.39 is 0 Å². The summed E-state index contributed by atoms with van der Waals surface area (Å²) in [6.07, 6.45) is 1.26. The second-order valence-electron chi connectivity index (χ2n) is 7.34. The van der Waals surface area contributed by atoms with Crippen LogP contribution in [0, 0.1) is 12.8 Å². The molecule has 2 atom stereocenters. The van der Waals surface area contributed by atoms with Gasteiger partial charge in [-0.15, -0.1) is 0 Å². The summed E-state index contributed by atoms with van der Waals surface area (Å²) in [7, 11) is 2.02. The first-order valence-corrected chi connectivity index (χ1v) is 9.28. The fraction of sp³-hybridized carbons (Fsp3) is 0.632. The summed E-state index contributed by atoms with van der Waals surface area (Å²) in [5, 5.41) is 8.16. The number of hydrogen-bond acceptors (Lipinski definition) is 5. The summed E-state index contributed by atoms with van der Waals surface area (Å²) >= 11 is 0. The van der Waals surface area contributed by atoms with E-state index in [2.05, 4.69) is 41.3 Å². The molecule has 0 aromatic carbocycles. The van der Waals surface area contributed by atoms with Gasteiger partial charge in [0.2, 0.25) is 0 Å². The lowest BCUT2D eigenvalue weighted by Crippen LogP contribution is -2.38. The van der Waals surface area contributed by atoms with Gasteiger partial charge in [-0.2, -0.15) is 5.10 Å². The molecule has 6 heteroatoms. The van der Waals surface area contributed by atoms with Gasteiger partial charge < -0.3 is 19.4 Å². The van der Waals surface area contributed by atoms with Crippen LogP contribution in [0.2, 0.25) is 0 Å². The molecule has 0 bridgehead atoms. The van der Waals surface area contributed by atoms with Crippen LogP contribution in [0.1, 0.15) is 42.0 Å². The van der Waals surface area contributed by atoms with Gasteiger partial charge >= 0.3 is 0 Å². The van der Waals surface area contributed by atoms with Crippen molar-refractivity contribution in [1.29, 1.82) is 0 Å². The van der Waals surface area contributed by atoms with Crippen LogP contribution in [0.15, 0.2) is 16.5 Å². The Morgan fingerprint density at radius 1 is 1.24 bits per heavy atom. The first-order valence-electron chi connectivity index (χ1n) is 9.28. The molecule has 1 N–H and O–H groups in total. The lowest BCUT2D eigenvalue weighted by atomic mass is 10.2. The topological polar surface area (TPSA) is 55.5 Å². The monoisotopic (exact) mass is 344 g/mol. The number of furan rings is 1. The lowest BCUT2D eigenvalue weighted by molar-refractivity contribution is 0.122. The first kappa shape index (κ1) is 16.7. The van der Waals surface area contributed by atoms with E-state index in [4.69, 9.17) is 9.15 Å². The highest BCUT2D eigenvalue weighted by Gasteiger charge is 2.36. The molecule has 2 aliphatic rings. The van der Waals surface area contributed by atoms with Crippen molar-refractivity contribution in [3.63, 3.8) is 0 Å². The molecule has 1 aliphatic carbocycles. The Kier molecular flexibility index (Phi) is 4.56. The quantitative estimate of drug-likeness (QED) is 0.873. The van der Waals surface area contributed by atoms with Crippen molar-refractivity contribution in [2.45, 2.75) is 39.3 Å². The van der Waals surface area contributed by atoms with Crippen molar-refractivity contribution in [3.8, 4) is 0 Å². The Hall–Kier alpha value is -1.79. The van der Waals surface area contributed by atoms with E-state index in [1.165, 1.54) is 17.8 Å². The molecule has 0 amide bonds. The van der Waals surface area contributed by atoms with Crippen molar-refractivity contribution in [1.82, 2.24) is 15.1 Å². The van der Waals surface area contributed by atoms with E-state index in [0.717, 1.165) is 62.5 Å². The largest absolute Gasteiger partial charge is 0.464 e. The summed E-state index contributed by atoms with van der Waals surface area (Å²) in [5.41, 5.74) is 2.36. The van der Waals surface area contributed by atoms with Gasteiger partial charge in [-0.25, -0.2) is 0 Å². The Balaban J connectivity index is 1.39. The Labute approximate surface area is 149 Å². The second-order valence-corrected chi connectivity index (χ2v) is 7.34. The lowest BCUT2D eigenvalue weighted by Gasteiger charge is -2.29. The number of aromatic nitrogens is 2. The molecule has 2 fully saturated rings. The average molecular weight is 344 g/mol. The summed E-state index contributed by atoms with van der Waals surface area (Å²) in [6.45, 7) is 9.32. The van der Waals surface area contributed by atoms with Crippen LogP contribution in [0.5, 0.6) is 0 Å². The standard InChI is InChI=1S/C19H28N4O2/c1-13-10-16(13)18-5-4-15(25-18)11-20-12-17-14(2)21-22(3)19(17)23-6-8-24-9-7-23/h4-5,13,16,20H,6-12H2,1-3H3/t13-,16+/m1/s1. The average Bonchev–Trinajstić information content (AvgIpc) is 3.03. The van der Waals surface area contributed by atoms with Gasteiger partial charge in [0, 0.05) is 38.2 Å². The fourth-order valence-corrected chi connectivity index (χ4v) is 3.79. The summed E-state index contributed by atoms with van der Waals surface area (Å²) < 4.78 is 13.5. The fourth-order valence-electron chi connectivity index (χ4n) is 3.79. The van der Waals surface area contributed by atoms with E-state index in [9.17, 15) is 0 Å². The van der Waals surface area contributed by atoms with Gasteiger partial charge in [-0.05, 0) is 31.4 Å². The summed E-state index contributed by atoms with van der Waals surface area (Å²) in [5.74, 6) is 4.79. The highest BCUT2D eigenvalue weighted by atomic mass is 16.5. The molecule has 6 nitrogen and oxygen atoms in total. The molecule has 2 aromatic heterocycles. The molecule has 1 saturated heterocycles. The molecule has 4 rings (SSSR count). The zero-order valence-electron chi connectivity index (χ0n) is 15.4. The Morgan fingerprint density at radius 2 is 2.00 bits per heavy atom. The second kappa shape index (κ2) is 6.84. The van der Waals surface area contributed by atoms with E-state index in [1.807, 2.05) is 11.7 Å². The van der Waals surface area contributed by atoms with Crippen molar-refractivity contribution >= 4 is 5.82 Å².